The van der Waals surface area contributed by atoms with Gasteiger partial charge >= 0.3 is 0 Å². The summed E-state index contributed by atoms with van der Waals surface area (Å²) >= 11 is 0. The average Bonchev–Trinajstić information content (AvgIpc) is 2.62. The van der Waals surface area contributed by atoms with Gasteiger partial charge in [-0.15, -0.1) is 0 Å². The highest BCUT2D eigenvalue weighted by Gasteiger charge is 2.32. The number of hydrogen-bond acceptors (Lipinski definition) is 2. The Morgan fingerprint density at radius 2 is 1.80 bits per heavy atom. The molecule has 1 heterocycles. The molecule has 0 saturated heterocycles. The van der Waals surface area contributed by atoms with Gasteiger partial charge in [-0.05, 0) is 35.2 Å². The molecule has 3 rings (SSSR count). The molecule has 0 radical (unpaired) electrons. The Morgan fingerprint density at radius 1 is 1.12 bits per heavy atom. The number of rotatable bonds is 4. The molecule has 1 atom stereocenters. The molecule has 0 bridgehead atoms. The summed E-state index contributed by atoms with van der Waals surface area (Å²) in [4.78, 5) is 26.2. The van der Waals surface area contributed by atoms with E-state index in [2.05, 4.69) is 5.32 Å². The van der Waals surface area contributed by atoms with Crippen molar-refractivity contribution in [2.45, 2.75) is 32.4 Å². The Labute approximate surface area is 146 Å². The van der Waals surface area contributed by atoms with E-state index in [1.807, 2.05) is 24.3 Å². The monoisotopic (exact) mass is 340 g/mol. The highest BCUT2D eigenvalue weighted by molar-refractivity contribution is 5.87. The van der Waals surface area contributed by atoms with E-state index in [4.69, 9.17) is 0 Å². The molecule has 25 heavy (non-hydrogen) atoms. The van der Waals surface area contributed by atoms with E-state index in [0.717, 1.165) is 16.7 Å². The van der Waals surface area contributed by atoms with Crippen molar-refractivity contribution in [2.24, 2.45) is 0 Å². The quantitative estimate of drug-likeness (QED) is 0.929. The maximum Gasteiger partial charge on any atom is 0.243 e. The Bertz CT molecular complexity index is 774. The molecule has 1 N–H and O–H groups in total. The zero-order chi connectivity index (χ0) is 17.8. The first kappa shape index (κ1) is 17.1. The summed E-state index contributed by atoms with van der Waals surface area (Å²) in [5.74, 6) is -0.522. The third-order valence-corrected chi connectivity index (χ3v) is 4.58. The van der Waals surface area contributed by atoms with Gasteiger partial charge in [0.25, 0.3) is 0 Å². The van der Waals surface area contributed by atoms with Crippen LogP contribution in [-0.2, 0) is 29.0 Å². The molecule has 0 fully saturated rings. The van der Waals surface area contributed by atoms with Crippen molar-refractivity contribution in [3.05, 3.63) is 71.0 Å². The lowest BCUT2D eigenvalue weighted by Gasteiger charge is -2.35. The molecule has 5 heteroatoms. The van der Waals surface area contributed by atoms with Crippen LogP contribution in [0.2, 0.25) is 0 Å². The smallest absolute Gasteiger partial charge is 0.243 e. The second-order valence-corrected chi connectivity index (χ2v) is 6.30. The van der Waals surface area contributed by atoms with Gasteiger partial charge in [0, 0.05) is 26.4 Å². The molecule has 0 spiro atoms. The van der Waals surface area contributed by atoms with E-state index in [0.29, 0.717) is 25.9 Å². The number of benzene rings is 2. The first-order valence-corrected chi connectivity index (χ1v) is 8.41. The molecule has 2 aromatic carbocycles. The zero-order valence-corrected chi connectivity index (χ0v) is 14.2. The lowest BCUT2D eigenvalue weighted by atomic mass is 9.93. The van der Waals surface area contributed by atoms with Crippen molar-refractivity contribution >= 4 is 11.8 Å². The summed E-state index contributed by atoms with van der Waals surface area (Å²) in [5.41, 5.74) is 3.16. The number of carbonyl (C=O) groups is 2. The SMILES string of the molecule is CC(=O)N1Cc2ccccc2C[C@@H]1C(=O)NCCc1ccc(F)cc1. The lowest BCUT2D eigenvalue weighted by Crippen LogP contribution is -2.52. The predicted octanol–water partition coefficient (Wildman–Crippen LogP) is 2.46. The van der Waals surface area contributed by atoms with E-state index >= 15 is 0 Å². The van der Waals surface area contributed by atoms with Crippen LogP contribution in [0.3, 0.4) is 0 Å². The van der Waals surface area contributed by atoms with Gasteiger partial charge in [-0.25, -0.2) is 4.39 Å². The normalized spacial score (nSPS) is 16.2. The van der Waals surface area contributed by atoms with Gasteiger partial charge in [0.05, 0.1) is 0 Å². The van der Waals surface area contributed by atoms with E-state index < -0.39 is 6.04 Å². The van der Waals surface area contributed by atoms with Gasteiger partial charge in [-0.1, -0.05) is 36.4 Å². The Balaban J connectivity index is 1.63. The number of fused-ring (bicyclic) bond motifs is 1. The minimum absolute atomic E-state index is 0.104. The lowest BCUT2D eigenvalue weighted by molar-refractivity contribution is -0.140. The molecule has 1 aliphatic rings. The average molecular weight is 340 g/mol. The number of hydrogen-bond donors (Lipinski definition) is 1. The first-order chi connectivity index (χ1) is 12.0. The van der Waals surface area contributed by atoms with Crippen LogP contribution in [-0.4, -0.2) is 29.3 Å². The molecule has 4 nitrogen and oxygen atoms in total. The van der Waals surface area contributed by atoms with Crippen molar-refractivity contribution in [2.75, 3.05) is 6.54 Å². The maximum absolute atomic E-state index is 12.9. The topological polar surface area (TPSA) is 49.4 Å². The van der Waals surface area contributed by atoms with Gasteiger partial charge in [0.15, 0.2) is 0 Å². The molecule has 0 unspecified atom stereocenters. The molecular formula is C20H21FN2O2. The van der Waals surface area contributed by atoms with Gasteiger partial charge in [-0.2, -0.15) is 0 Å². The summed E-state index contributed by atoms with van der Waals surface area (Å²) in [6.45, 7) is 2.41. The Kier molecular flexibility index (Phi) is 5.12. The minimum Gasteiger partial charge on any atom is -0.354 e. The van der Waals surface area contributed by atoms with Crippen molar-refractivity contribution in [3.63, 3.8) is 0 Å². The van der Waals surface area contributed by atoms with Gasteiger partial charge < -0.3 is 10.2 Å². The van der Waals surface area contributed by atoms with Crippen LogP contribution >= 0.6 is 0 Å². The maximum atomic E-state index is 12.9. The molecule has 2 aromatic rings. The predicted molar refractivity (Wildman–Crippen MR) is 93.3 cm³/mol. The van der Waals surface area contributed by atoms with Crippen molar-refractivity contribution < 1.29 is 14.0 Å². The Hall–Kier alpha value is -2.69. The second kappa shape index (κ2) is 7.47. The molecule has 2 amide bonds. The summed E-state index contributed by atoms with van der Waals surface area (Å²) < 4.78 is 12.9. The van der Waals surface area contributed by atoms with Crippen molar-refractivity contribution in [1.82, 2.24) is 10.2 Å². The van der Waals surface area contributed by atoms with Crippen molar-refractivity contribution in [3.8, 4) is 0 Å². The van der Waals surface area contributed by atoms with E-state index in [1.165, 1.54) is 19.1 Å². The largest absolute Gasteiger partial charge is 0.354 e. The van der Waals surface area contributed by atoms with Crippen LogP contribution < -0.4 is 5.32 Å². The fourth-order valence-corrected chi connectivity index (χ4v) is 3.19. The number of nitrogens with one attached hydrogen (secondary N) is 1. The minimum atomic E-state index is -0.486. The third-order valence-electron chi connectivity index (χ3n) is 4.58. The van der Waals surface area contributed by atoms with E-state index in [1.54, 1.807) is 17.0 Å². The van der Waals surface area contributed by atoms with Gasteiger partial charge in [0.2, 0.25) is 11.8 Å². The fourth-order valence-electron chi connectivity index (χ4n) is 3.19. The van der Waals surface area contributed by atoms with Crippen LogP contribution in [0.15, 0.2) is 48.5 Å². The van der Waals surface area contributed by atoms with Gasteiger partial charge in [0.1, 0.15) is 11.9 Å². The second-order valence-electron chi connectivity index (χ2n) is 6.30. The molecular weight excluding hydrogens is 319 g/mol. The van der Waals surface area contributed by atoms with Gasteiger partial charge in [-0.3, -0.25) is 9.59 Å². The Morgan fingerprint density at radius 3 is 2.48 bits per heavy atom. The van der Waals surface area contributed by atoms with E-state index in [9.17, 15) is 14.0 Å². The summed E-state index contributed by atoms with van der Waals surface area (Å²) in [5, 5.41) is 2.90. The summed E-state index contributed by atoms with van der Waals surface area (Å²) in [7, 11) is 0. The van der Waals surface area contributed by atoms with Crippen molar-refractivity contribution in [1.29, 1.82) is 0 Å². The van der Waals surface area contributed by atoms with Crippen LogP contribution in [0, 0.1) is 5.82 Å². The molecule has 0 aromatic heterocycles. The fraction of sp³-hybridized carbons (Fsp3) is 0.300. The highest BCUT2D eigenvalue weighted by Crippen LogP contribution is 2.23. The van der Waals surface area contributed by atoms with E-state index in [-0.39, 0.29) is 17.6 Å². The third kappa shape index (κ3) is 4.05. The van der Waals surface area contributed by atoms with Crippen LogP contribution in [0.5, 0.6) is 0 Å². The summed E-state index contributed by atoms with van der Waals surface area (Å²) in [6, 6.07) is 13.6. The zero-order valence-electron chi connectivity index (χ0n) is 14.2. The number of halogens is 1. The standard InChI is InChI=1S/C20H21FN2O2/c1-14(24)23-13-17-5-3-2-4-16(17)12-19(23)20(25)22-11-10-15-6-8-18(21)9-7-15/h2-9,19H,10-13H2,1H3,(H,22,25)/t19-/m1/s1. The first-order valence-electron chi connectivity index (χ1n) is 8.41. The van der Waals surface area contributed by atoms with Crippen LogP contribution in [0.1, 0.15) is 23.6 Å². The number of amides is 2. The molecule has 130 valence electrons. The number of carbonyl (C=O) groups excluding carboxylic acids is 2. The summed E-state index contributed by atoms with van der Waals surface area (Å²) in [6.07, 6.45) is 1.15. The number of nitrogens with zero attached hydrogens (tertiary/aromatic N) is 1. The highest BCUT2D eigenvalue weighted by atomic mass is 19.1. The molecule has 0 aliphatic carbocycles. The van der Waals surface area contributed by atoms with Crippen LogP contribution in [0.4, 0.5) is 4.39 Å². The molecule has 1 aliphatic heterocycles. The van der Waals surface area contributed by atoms with Crippen LogP contribution in [0.25, 0.3) is 0 Å². The molecule has 0 saturated carbocycles.